The number of hydrogen-bond acceptors (Lipinski definition) is 2. The second-order valence-corrected chi connectivity index (χ2v) is 5.42. The number of guanidine groups is 1. The highest BCUT2D eigenvalue weighted by molar-refractivity contribution is 5.80. The Kier molecular flexibility index (Phi) is 6.12. The molecule has 1 saturated heterocycles. The van der Waals surface area contributed by atoms with Crippen molar-refractivity contribution in [3.63, 3.8) is 0 Å². The number of hydrogen-bond donors (Lipinski definition) is 1. The van der Waals surface area contributed by atoms with Gasteiger partial charge in [0.05, 0.1) is 6.54 Å². The first-order valence-electron chi connectivity index (χ1n) is 7.79. The summed E-state index contributed by atoms with van der Waals surface area (Å²) in [6.45, 7) is 3.89. The fourth-order valence-electron chi connectivity index (χ4n) is 2.42. The predicted octanol–water partition coefficient (Wildman–Crippen LogP) is 3.19. The summed E-state index contributed by atoms with van der Waals surface area (Å²) in [6.07, 6.45) is -2.02. The first-order valence-corrected chi connectivity index (χ1v) is 7.79. The number of halogens is 3. The summed E-state index contributed by atoms with van der Waals surface area (Å²) in [5, 5.41) is 3.25. The third-order valence-corrected chi connectivity index (χ3v) is 3.45. The lowest BCUT2D eigenvalue weighted by Gasteiger charge is -2.20. The number of likely N-dealkylation sites (tertiary alicyclic amines) is 1. The van der Waals surface area contributed by atoms with Gasteiger partial charge in [0.25, 0.3) is 0 Å². The van der Waals surface area contributed by atoms with E-state index in [4.69, 9.17) is 4.74 Å². The fraction of sp³-hybridized carbons (Fsp3) is 0.562. The van der Waals surface area contributed by atoms with E-state index >= 15 is 0 Å². The Morgan fingerprint density at radius 2 is 2.04 bits per heavy atom. The van der Waals surface area contributed by atoms with Crippen LogP contribution >= 0.6 is 0 Å². The minimum Gasteiger partial charge on any atom is -0.484 e. The van der Waals surface area contributed by atoms with E-state index in [2.05, 4.69) is 15.2 Å². The third-order valence-electron chi connectivity index (χ3n) is 3.45. The molecular weight excluding hydrogens is 307 g/mol. The van der Waals surface area contributed by atoms with Gasteiger partial charge in [0.1, 0.15) is 5.75 Å². The lowest BCUT2D eigenvalue weighted by Crippen LogP contribution is -2.39. The average Bonchev–Trinajstić information content (AvgIpc) is 3.03. The smallest absolute Gasteiger partial charge is 0.422 e. The molecule has 1 aliphatic heterocycles. The first kappa shape index (κ1) is 17.4. The van der Waals surface area contributed by atoms with Crippen LogP contribution in [0.25, 0.3) is 0 Å². The largest absolute Gasteiger partial charge is 0.484 e. The van der Waals surface area contributed by atoms with Crippen LogP contribution < -0.4 is 10.1 Å². The van der Waals surface area contributed by atoms with Crippen molar-refractivity contribution in [3.8, 4) is 5.75 Å². The van der Waals surface area contributed by atoms with Crippen LogP contribution in [0.15, 0.2) is 29.3 Å². The van der Waals surface area contributed by atoms with Crippen LogP contribution in [-0.4, -0.2) is 43.3 Å². The molecule has 0 spiro atoms. The summed E-state index contributed by atoms with van der Waals surface area (Å²) in [6, 6.07) is 6.63. The summed E-state index contributed by atoms with van der Waals surface area (Å²) in [4.78, 5) is 6.77. The van der Waals surface area contributed by atoms with Gasteiger partial charge in [0.15, 0.2) is 12.6 Å². The van der Waals surface area contributed by atoms with Crippen molar-refractivity contribution in [2.24, 2.45) is 4.99 Å². The Balaban J connectivity index is 1.99. The molecule has 23 heavy (non-hydrogen) atoms. The molecule has 0 aromatic heterocycles. The van der Waals surface area contributed by atoms with Gasteiger partial charge in [0.2, 0.25) is 0 Å². The molecule has 7 heteroatoms. The molecule has 0 atom stereocenters. The maximum atomic E-state index is 12.2. The standard InChI is InChI=1S/C16H22F3N3O/c1-2-20-15(22-8-3-4-9-22)21-11-13-6-5-7-14(10-13)23-12-16(17,18)19/h5-7,10H,2-4,8-9,11-12H2,1H3,(H,20,21). The molecule has 1 aromatic rings. The molecule has 2 rings (SSSR count). The quantitative estimate of drug-likeness (QED) is 0.666. The van der Waals surface area contributed by atoms with Crippen molar-refractivity contribution in [2.45, 2.75) is 32.5 Å². The van der Waals surface area contributed by atoms with Gasteiger partial charge >= 0.3 is 6.18 Å². The summed E-state index contributed by atoms with van der Waals surface area (Å²) in [5.74, 6) is 1.06. The first-order chi connectivity index (χ1) is 11.0. The summed E-state index contributed by atoms with van der Waals surface area (Å²) < 4.78 is 41.3. The molecule has 0 amide bonds. The van der Waals surface area contributed by atoms with Gasteiger partial charge in [-0.25, -0.2) is 4.99 Å². The number of alkyl halides is 3. The van der Waals surface area contributed by atoms with Gasteiger partial charge in [-0.15, -0.1) is 0 Å². The van der Waals surface area contributed by atoms with Crippen molar-refractivity contribution >= 4 is 5.96 Å². The number of benzene rings is 1. The lowest BCUT2D eigenvalue weighted by molar-refractivity contribution is -0.153. The minimum absolute atomic E-state index is 0.209. The Morgan fingerprint density at radius 3 is 2.70 bits per heavy atom. The van der Waals surface area contributed by atoms with Crippen molar-refractivity contribution in [2.75, 3.05) is 26.2 Å². The van der Waals surface area contributed by atoms with Gasteiger partial charge in [-0.3, -0.25) is 0 Å². The molecular formula is C16H22F3N3O. The van der Waals surface area contributed by atoms with Gasteiger partial charge in [0, 0.05) is 19.6 Å². The molecule has 1 aliphatic rings. The second kappa shape index (κ2) is 8.08. The van der Waals surface area contributed by atoms with E-state index in [1.165, 1.54) is 6.07 Å². The normalized spacial score (nSPS) is 15.8. The Labute approximate surface area is 134 Å². The molecule has 0 saturated carbocycles. The van der Waals surface area contributed by atoms with Crippen molar-refractivity contribution in [1.82, 2.24) is 10.2 Å². The highest BCUT2D eigenvalue weighted by Crippen LogP contribution is 2.19. The number of rotatable bonds is 5. The van der Waals surface area contributed by atoms with Crippen LogP contribution in [-0.2, 0) is 6.54 Å². The second-order valence-electron chi connectivity index (χ2n) is 5.42. The zero-order valence-electron chi connectivity index (χ0n) is 13.2. The predicted molar refractivity (Wildman–Crippen MR) is 83.6 cm³/mol. The van der Waals surface area contributed by atoms with E-state index in [1.54, 1.807) is 12.1 Å². The van der Waals surface area contributed by atoms with Crippen LogP contribution in [0.4, 0.5) is 13.2 Å². The number of nitrogens with one attached hydrogen (secondary N) is 1. The van der Waals surface area contributed by atoms with Gasteiger partial charge < -0.3 is 15.0 Å². The zero-order chi connectivity index (χ0) is 16.7. The maximum absolute atomic E-state index is 12.2. The highest BCUT2D eigenvalue weighted by atomic mass is 19.4. The molecule has 1 N–H and O–H groups in total. The van der Waals surface area contributed by atoms with Crippen molar-refractivity contribution < 1.29 is 17.9 Å². The zero-order valence-corrected chi connectivity index (χ0v) is 13.2. The van der Waals surface area contributed by atoms with Crippen LogP contribution in [0, 0.1) is 0 Å². The molecule has 0 unspecified atom stereocenters. The van der Waals surface area contributed by atoms with E-state index in [0.29, 0.717) is 6.54 Å². The number of nitrogens with zero attached hydrogens (tertiary/aromatic N) is 2. The van der Waals surface area contributed by atoms with E-state index in [9.17, 15) is 13.2 Å². The van der Waals surface area contributed by atoms with Crippen LogP contribution in [0.5, 0.6) is 5.75 Å². The van der Waals surface area contributed by atoms with Gasteiger partial charge in [-0.05, 0) is 37.5 Å². The van der Waals surface area contributed by atoms with Crippen LogP contribution in [0.2, 0.25) is 0 Å². The number of ether oxygens (including phenoxy) is 1. The van der Waals surface area contributed by atoms with Crippen LogP contribution in [0.3, 0.4) is 0 Å². The molecule has 128 valence electrons. The Hall–Kier alpha value is -1.92. The van der Waals surface area contributed by atoms with Crippen molar-refractivity contribution in [3.05, 3.63) is 29.8 Å². The number of aliphatic imine (C=N–C) groups is 1. The van der Waals surface area contributed by atoms with E-state index < -0.39 is 12.8 Å². The van der Waals surface area contributed by atoms with Gasteiger partial charge in [-0.2, -0.15) is 13.2 Å². The SMILES string of the molecule is CCNC(=NCc1cccc(OCC(F)(F)F)c1)N1CCCC1. The highest BCUT2D eigenvalue weighted by Gasteiger charge is 2.28. The molecule has 1 heterocycles. The van der Waals surface area contributed by atoms with Gasteiger partial charge in [-0.1, -0.05) is 12.1 Å². The summed E-state index contributed by atoms with van der Waals surface area (Å²) in [5.41, 5.74) is 0.819. The van der Waals surface area contributed by atoms with Crippen molar-refractivity contribution in [1.29, 1.82) is 0 Å². The third kappa shape index (κ3) is 6.00. The lowest BCUT2D eigenvalue weighted by atomic mass is 10.2. The van der Waals surface area contributed by atoms with E-state index in [0.717, 1.165) is 44.0 Å². The average molecular weight is 329 g/mol. The molecule has 1 fully saturated rings. The molecule has 0 aliphatic carbocycles. The molecule has 4 nitrogen and oxygen atoms in total. The van der Waals surface area contributed by atoms with E-state index in [-0.39, 0.29) is 5.75 Å². The fourth-order valence-corrected chi connectivity index (χ4v) is 2.42. The van der Waals surface area contributed by atoms with E-state index in [1.807, 2.05) is 13.0 Å². The Morgan fingerprint density at radius 1 is 1.30 bits per heavy atom. The Bertz CT molecular complexity index is 526. The summed E-state index contributed by atoms with van der Waals surface area (Å²) in [7, 11) is 0. The molecule has 0 radical (unpaired) electrons. The monoisotopic (exact) mass is 329 g/mol. The molecule has 0 bridgehead atoms. The van der Waals surface area contributed by atoms with Crippen LogP contribution in [0.1, 0.15) is 25.3 Å². The topological polar surface area (TPSA) is 36.9 Å². The maximum Gasteiger partial charge on any atom is 0.422 e. The molecule has 1 aromatic carbocycles. The minimum atomic E-state index is -4.33. The summed E-state index contributed by atoms with van der Waals surface area (Å²) >= 11 is 0.